The van der Waals surface area contributed by atoms with Crippen LogP contribution in [-0.2, 0) is 0 Å². The molecule has 1 saturated heterocycles. The van der Waals surface area contributed by atoms with Crippen molar-refractivity contribution in [3.05, 3.63) is 52.2 Å². The Kier molecular flexibility index (Phi) is 4.73. The largest absolute Gasteiger partial charge is 0.396 e. The summed E-state index contributed by atoms with van der Waals surface area (Å²) in [7, 11) is 0. The maximum absolute atomic E-state index is 12.7. The predicted molar refractivity (Wildman–Crippen MR) is 89.8 cm³/mol. The molecule has 3 rings (SSSR count). The van der Waals surface area contributed by atoms with Gasteiger partial charge in [-0.25, -0.2) is 0 Å². The molecule has 2 amide bonds. The summed E-state index contributed by atoms with van der Waals surface area (Å²) in [6.07, 6.45) is 0.811. The van der Waals surface area contributed by atoms with E-state index in [9.17, 15) is 14.7 Å². The van der Waals surface area contributed by atoms with E-state index in [1.54, 1.807) is 35.2 Å². The number of thiophene rings is 1. The number of hydrogen-bond acceptors (Lipinski definition) is 4. The van der Waals surface area contributed by atoms with Crippen LogP contribution in [0.3, 0.4) is 0 Å². The van der Waals surface area contributed by atoms with Crippen LogP contribution in [0, 0.1) is 5.92 Å². The van der Waals surface area contributed by atoms with Gasteiger partial charge in [0.05, 0.1) is 16.1 Å². The number of carbonyl (C=O) groups is 2. The third-order valence-electron chi connectivity index (χ3n) is 3.98. The zero-order valence-corrected chi connectivity index (χ0v) is 13.4. The quantitative estimate of drug-likeness (QED) is 0.905. The summed E-state index contributed by atoms with van der Waals surface area (Å²) in [5, 5.41) is 13.9. The minimum atomic E-state index is -0.213. The van der Waals surface area contributed by atoms with Gasteiger partial charge in [-0.1, -0.05) is 18.2 Å². The van der Waals surface area contributed by atoms with E-state index in [0.717, 1.165) is 6.42 Å². The normalized spacial score (nSPS) is 17.3. The highest BCUT2D eigenvalue weighted by molar-refractivity contribution is 7.12. The molecule has 0 aliphatic carbocycles. The molecular weight excluding hydrogens is 312 g/mol. The van der Waals surface area contributed by atoms with Gasteiger partial charge in [0.1, 0.15) is 0 Å². The van der Waals surface area contributed by atoms with E-state index in [-0.39, 0.29) is 24.3 Å². The third kappa shape index (κ3) is 3.43. The zero-order valence-electron chi connectivity index (χ0n) is 12.6. The van der Waals surface area contributed by atoms with Gasteiger partial charge in [0.2, 0.25) is 0 Å². The summed E-state index contributed by atoms with van der Waals surface area (Å²) < 4.78 is 0. The maximum atomic E-state index is 12.7. The lowest BCUT2D eigenvalue weighted by atomic mass is 10.1. The fourth-order valence-electron chi connectivity index (χ4n) is 2.71. The van der Waals surface area contributed by atoms with Crippen LogP contribution < -0.4 is 5.32 Å². The van der Waals surface area contributed by atoms with E-state index >= 15 is 0 Å². The van der Waals surface area contributed by atoms with Crippen molar-refractivity contribution >= 4 is 28.8 Å². The van der Waals surface area contributed by atoms with Crippen LogP contribution in [0.4, 0.5) is 5.69 Å². The molecule has 5 nitrogen and oxygen atoms in total. The summed E-state index contributed by atoms with van der Waals surface area (Å²) in [5.41, 5.74) is 0.999. The van der Waals surface area contributed by atoms with Gasteiger partial charge in [0, 0.05) is 25.6 Å². The van der Waals surface area contributed by atoms with Gasteiger partial charge in [-0.15, -0.1) is 11.3 Å². The molecule has 120 valence electrons. The standard InChI is InChI=1S/C17H18N2O3S/c20-11-12-7-8-19(10-12)17(22)13-4-1-2-5-14(13)18-16(21)15-6-3-9-23-15/h1-6,9,12,20H,7-8,10-11H2,(H,18,21). The van der Waals surface area contributed by atoms with Crippen LogP contribution >= 0.6 is 11.3 Å². The van der Waals surface area contributed by atoms with Crippen molar-refractivity contribution in [3.8, 4) is 0 Å². The number of aliphatic hydroxyl groups excluding tert-OH is 1. The molecule has 0 spiro atoms. The number of amides is 2. The SMILES string of the molecule is O=C(Nc1ccccc1C(=O)N1CCC(CO)C1)c1cccs1. The van der Waals surface area contributed by atoms with E-state index in [0.29, 0.717) is 29.2 Å². The van der Waals surface area contributed by atoms with E-state index in [4.69, 9.17) is 0 Å². The number of anilines is 1. The monoisotopic (exact) mass is 330 g/mol. The van der Waals surface area contributed by atoms with Crippen LogP contribution in [-0.4, -0.2) is 41.5 Å². The zero-order chi connectivity index (χ0) is 16.2. The molecule has 1 aliphatic heterocycles. The van der Waals surface area contributed by atoms with Crippen LogP contribution in [0.15, 0.2) is 41.8 Å². The molecule has 1 atom stereocenters. The molecule has 1 aliphatic rings. The van der Waals surface area contributed by atoms with Crippen LogP contribution in [0.2, 0.25) is 0 Å². The summed E-state index contributed by atoms with van der Waals surface area (Å²) >= 11 is 1.36. The summed E-state index contributed by atoms with van der Waals surface area (Å²) in [5.74, 6) is -0.176. The molecule has 23 heavy (non-hydrogen) atoms. The Balaban J connectivity index is 1.78. The second kappa shape index (κ2) is 6.93. The number of aliphatic hydroxyl groups is 1. The van der Waals surface area contributed by atoms with E-state index < -0.39 is 0 Å². The molecule has 0 saturated carbocycles. The Labute approximate surface area is 138 Å². The van der Waals surface area contributed by atoms with E-state index in [1.807, 2.05) is 11.4 Å². The van der Waals surface area contributed by atoms with Crippen molar-refractivity contribution < 1.29 is 14.7 Å². The Bertz CT molecular complexity index is 700. The second-order valence-corrected chi connectivity index (χ2v) is 6.51. The minimum Gasteiger partial charge on any atom is -0.396 e. The number of nitrogens with one attached hydrogen (secondary N) is 1. The van der Waals surface area contributed by atoms with Gasteiger partial charge in [-0.05, 0) is 30.0 Å². The smallest absolute Gasteiger partial charge is 0.265 e. The summed E-state index contributed by atoms with van der Waals surface area (Å²) in [6, 6.07) is 10.6. The molecule has 0 bridgehead atoms. The Hall–Kier alpha value is -2.18. The lowest BCUT2D eigenvalue weighted by molar-refractivity contribution is 0.0783. The highest BCUT2D eigenvalue weighted by atomic mass is 32.1. The molecule has 6 heteroatoms. The molecule has 1 aromatic carbocycles. The molecule has 2 N–H and O–H groups in total. The van der Waals surface area contributed by atoms with E-state index in [1.165, 1.54) is 11.3 Å². The summed E-state index contributed by atoms with van der Waals surface area (Å²) in [6.45, 7) is 1.29. The number of nitrogens with zero attached hydrogens (tertiary/aromatic N) is 1. The molecule has 0 radical (unpaired) electrons. The van der Waals surface area contributed by atoms with Gasteiger partial charge >= 0.3 is 0 Å². The lowest BCUT2D eigenvalue weighted by Crippen LogP contribution is -2.30. The van der Waals surface area contributed by atoms with E-state index in [2.05, 4.69) is 5.32 Å². The van der Waals surface area contributed by atoms with Gasteiger partial charge in [-0.2, -0.15) is 0 Å². The minimum absolute atomic E-state index is 0.0978. The fraction of sp³-hybridized carbons (Fsp3) is 0.294. The van der Waals surface area contributed by atoms with Gasteiger partial charge < -0.3 is 15.3 Å². The first-order chi connectivity index (χ1) is 11.2. The molecular formula is C17H18N2O3S. The Morgan fingerprint density at radius 2 is 2.09 bits per heavy atom. The van der Waals surface area contributed by atoms with Crippen molar-refractivity contribution in [3.63, 3.8) is 0 Å². The first-order valence-electron chi connectivity index (χ1n) is 7.53. The van der Waals surface area contributed by atoms with Crippen LogP contribution in [0.5, 0.6) is 0 Å². The van der Waals surface area contributed by atoms with Gasteiger partial charge in [-0.3, -0.25) is 9.59 Å². The van der Waals surface area contributed by atoms with Crippen molar-refractivity contribution in [1.29, 1.82) is 0 Å². The van der Waals surface area contributed by atoms with Gasteiger partial charge in [0.25, 0.3) is 11.8 Å². The molecule has 2 heterocycles. The average molecular weight is 330 g/mol. The van der Waals surface area contributed by atoms with Gasteiger partial charge in [0.15, 0.2) is 0 Å². The Morgan fingerprint density at radius 3 is 2.78 bits per heavy atom. The topological polar surface area (TPSA) is 69.6 Å². The van der Waals surface area contributed by atoms with Crippen molar-refractivity contribution in [2.75, 3.05) is 25.0 Å². The maximum Gasteiger partial charge on any atom is 0.265 e. The molecule has 1 aromatic heterocycles. The highest BCUT2D eigenvalue weighted by Gasteiger charge is 2.27. The first kappa shape index (κ1) is 15.7. The summed E-state index contributed by atoms with van der Waals surface area (Å²) in [4.78, 5) is 27.2. The second-order valence-electron chi connectivity index (χ2n) is 5.57. The molecule has 1 unspecified atom stereocenters. The Morgan fingerprint density at radius 1 is 1.26 bits per heavy atom. The molecule has 1 fully saturated rings. The number of hydrogen-bond donors (Lipinski definition) is 2. The number of rotatable bonds is 4. The molecule has 2 aromatic rings. The third-order valence-corrected chi connectivity index (χ3v) is 4.85. The fourth-order valence-corrected chi connectivity index (χ4v) is 3.33. The highest BCUT2D eigenvalue weighted by Crippen LogP contribution is 2.23. The van der Waals surface area contributed by atoms with Crippen molar-refractivity contribution in [2.45, 2.75) is 6.42 Å². The lowest BCUT2D eigenvalue weighted by Gasteiger charge is -2.18. The average Bonchev–Trinajstić information content (AvgIpc) is 3.26. The number of para-hydroxylation sites is 1. The van der Waals surface area contributed by atoms with Crippen molar-refractivity contribution in [2.24, 2.45) is 5.92 Å². The first-order valence-corrected chi connectivity index (χ1v) is 8.41. The number of carbonyl (C=O) groups excluding carboxylic acids is 2. The predicted octanol–water partition coefficient (Wildman–Crippen LogP) is 2.45. The van der Waals surface area contributed by atoms with Crippen LogP contribution in [0.1, 0.15) is 26.5 Å². The number of likely N-dealkylation sites (tertiary alicyclic amines) is 1. The van der Waals surface area contributed by atoms with Crippen LogP contribution in [0.25, 0.3) is 0 Å². The van der Waals surface area contributed by atoms with Crippen molar-refractivity contribution in [1.82, 2.24) is 4.90 Å². The number of benzene rings is 1.